The van der Waals surface area contributed by atoms with Gasteiger partial charge in [-0.15, -0.1) is 11.8 Å². The molecule has 20 heavy (non-hydrogen) atoms. The Kier molecular flexibility index (Phi) is 4.68. The molecule has 4 heteroatoms. The number of hydrogen-bond acceptors (Lipinski definition) is 3. The van der Waals surface area contributed by atoms with Crippen molar-refractivity contribution in [2.75, 3.05) is 6.26 Å². The maximum absolute atomic E-state index is 13.6. The van der Waals surface area contributed by atoms with Gasteiger partial charge in [0.25, 0.3) is 0 Å². The van der Waals surface area contributed by atoms with Crippen LogP contribution in [-0.2, 0) is 0 Å². The van der Waals surface area contributed by atoms with Gasteiger partial charge in [0.05, 0.1) is 0 Å². The molecule has 0 spiro atoms. The Labute approximate surface area is 123 Å². The molecular formula is C16H18FNOS. The van der Waals surface area contributed by atoms with Gasteiger partial charge in [0.1, 0.15) is 17.3 Å². The molecule has 0 radical (unpaired) electrons. The number of ether oxygens (including phenoxy) is 1. The Morgan fingerprint density at radius 2 is 1.85 bits per heavy atom. The summed E-state index contributed by atoms with van der Waals surface area (Å²) in [5, 5.41) is 0. The minimum atomic E-state index is -0.287. The van der Waals surface area contributed by atoms with Crippen LogP contribution in [0, 0.1) is 12.7 Å². The average Bonchev–Trinajstić information content (AvgIpc) is 2.43. The van der Waals surface area contributed by atoms with E-state index in [1.165, 1.54) is 11.0 Å². The molecule has 0 bridgehead atoms. The Balaban J connectivity index is 2.33. The van der Waals surface area contributed by atoms with E-state index in [1.807, 2.05) is 37.4 Å². The molecule has 0 aliphatic carbocycles. The Hall–Kier alpha value is -1.52. The smallest absolute Gasteiger partial charge is 0.132 e. The lowest BCUT2D eigenvalue weighted by atomic mass is 10.1. The van der Waals surface area contributed by atoms with E-state index in [2.05, 4.69) is 0 Å². The fraction of sp³-hybridized carbons (Fsp3) is 0.250. The molecule has 0 amide bonds. The van der Waals surface area contributed by atoms with Gasteiger partial charge in [0.2, 0.25) is 0 Å². The van der Waals surface area contributed by atoms with Gasteiger partial charge in [0, 0.05) is 16.5 Å². The Morgan fingerprint density at radius 1 is 1.20 bits per heavy atom. The van der Waals surface area contributed by atoms with Crippen LogP contribution in [-0.4, -0.2) is 6.26 Å². The third kappa shape index (κ3) is 3.32. The van der Waals surface area contributed by atoms with Gasteiger partial charge in [-0.2, -0.15) is 0 Å². The largest absolute Gasteiger partial charge is 0.457 e. The summed E-state index contributed by atoms with van der Waals surface area (Å²) in [5.74, 6) is 1.06. The van der Waals surface area contributed by atoms with E-state index in [-0.39, 0.29) is 11.9 Å². The van der Waals surface area contributed by atoms with E-state index in [1.54, 1.807) is 24.8 Å². The summed E-state index contributed by atoms with van der Waals surface area (Å²) in [6, 6.07) is 10.6. The lowest BCUT2D eigenvalue weighted by Gasteiger charge is -2.15. The van der Waals surface area contributed by atoms with Crippen LogP contribution in [0.4, 0.5) is 4.39 Å². The molecule has 0 saturated heterocycles. The molecule has 0 unspecified atom stereocenters. The zero-order valence-corrected chi connectivity index (χ0v) is 12.6. The van der Waals surface area contributed by atoms with E-state index < -0.39 is 0 Å². The molecule has 2 N–H and O–H groups in total. The summed E-state index contributed by atoms with van der Waals surface area (Å²) in [6.45, 7) is 3.53. The van der Waals surface area contributed by atoms with Crippen LogP contribution in [0.2, 0.25) is 0 Å². The second-order valence-corrected chi connectivity index (χ2v) is 5.59. The maximum Gasteiger partial charge on any atom is 0.132 e. The molecule has 106 valence electrons. The van der Waals surface area contributed by atoms with Crippen molar-refractivity contribution in [1.29, 1.82) is 0 Å². The zero-order valence-electron chi connectivity index (χ0n) is 11.8. The Morgan fingerprint density at radius 3 is 2.40 bits per heavy atom. The molecule has 0 aliphatic rings. The first kappa shape index (κ1) is 14.9. The number of nitrogens with two attached hydrogens (primary N) is 1. The molecule has 1 atom stereocenters. The van der Waals surface area contributed by atoms with Crippen molar-refractivity contribution in [2.24, 2.45) is 5.73 Å². The number of rotatable bonds is 4. The second-order valence-electron chi connectivity index (χ2n) is 4.71. The molecule has 0 fully saturated rings. The third-order valence-corrected chi connectivity index (χ3v) is 3.81. The van der Waals surface area contributed by atoms with Crippen molar-refractivity contribution in [2.45, 2.75) is 24.8 Å². The number of benzene rings is 2. The van der Waals surface area contributed by atoms with Gasteiger partial charge in [-0.3, -0.25) is 0 Å². The maximum atomic E-state index is 13.6. The van der Waals surface area contributed by atoms with Crippen LogP contribution < -0.4 is 10.5 Å². The summed E-state index contributed by atoms with van der Waals surface area (Å²) >= 11 is 1.67. The highest BCUT2D eigenvalue weighted by Crippen LogP contribution is 2.31. The lowest BCUT2D eigenvalue weighted by molar-refractivity contribution is 0.468. The number of halogens is 1. The summed E-state index contributed by atoms with van der Waals surface area (Å²) in [4.78, 5) is 1.17. The van der Waals surface area contributed by atoms with Crippen LogP contribution in [0.1, 0.15) is 24.1 Å². The SMILES string of the molecule is CSc1ccc(Oc2cc(C)c(F)cc2[C@@H](C)N)cc1. The number of hydrogen-bond donors (Lipinski definition) is 1. The molecule has 2 nitrogen and oxygen atoms in total. The monoisotopic (exact) mass is 291 g/mol. The van der Waals surface area contributed by atoms with Gasteiger partial charge in [0.15, 0.2) is 0 Å². The predicted molar refractivity (Wildman–Crippen MR) is 82.0 cm³/mol. The molecule has 2 aromatic rings. The average molecular weight is 291 g/mol. The predicted octanol–water partition coefficient (Wildman–Crippen LogP) is 4.67. The van der Waals surface area contributed by atoms with E-state index in [0.717, 1.165) is 5.75 Å². The highest BCUT2D eigenvalue weighted by molar-refractivity contribution is 7.98. The van der Waals surface area contributed by atoms with Crippen molar-refractivity contribution in [3.8, 4) is 11.5 Å². The normalized spacial score (nSPS) is 12.2. The van der Waals surface area contributed by atoms with E-state index in [9.17, 15) is 4.39 Å². The fourth-order valence-electron chi connectivity index (χ4n) is 1.89. The van der Waals surface area contributed by atoms with Gasteiger partial charge >= 0.3 is 0 Å². The zero-order chi connectivity index (χ0) is 14.7. The molecular weight excluding hydrogens is 273 g/mol. The summed E-state index contributed by atoms with van der Waals surface area (Å²) in [6.07, 6.45) is 2.02. The summed E-state index contributed by atoms with van der Waals surface area (Å²) in [7, 11) is 0. The molecule has 0 saturated carbocycles. The van der Waals surface area contributed by atoms with Gasteiger partial charge in [-0.25, -0.2) is 4.39 Å². The van der Waals surface area contributed by atoms with Crippen molar-refractivity contribution in [3.05, 3.63) is 53.3 Å². The van der Waals surface area contributed by atoms with Crippen molar-refractivity contribution < 1.29 is 9.13 Å². The summed E-state index contributed by atoms with van der Waals surface area (Å²) < 4.78 is 19.5. The quantitative estimate of drug-likeness (QED) is 0.832. The highest BCUT2D eigenvalue weighted by Gasteiger charge is 2.13. The molecule has 0 aliphatic heterocycles. The molecule has 0 heterocycles. The van der Waals surface area contributed by atoms with Crippen LogP contribution >= 0.6 is 11.8 Å². The molecule has 2 aromatic carbocycles. The minimum Gasteiger partial charge on any atom is -0.457 e. The van der Waals surface area contributed by atoms with Gasteiger partial charge < -0.3 is 10.5 Å². The van der Waals surface area contributed by atoms with E-state index in [0.29, 0.717) is 16.9 Å². The first-order valence-corrected chi connectivity index (χ1v) is 7.61. The molecule has 0 aromatic heterocycles. The lowest BCUT2D eigenvalue weighted by Crippen LogP contribution is -2.08. The fourth-order valence-corrected chi connectivity index (χ4v) is 2.29. The first-order valence-electron chi connectivity index (χ1n) is 6.39. The van der Waals surface area contributed by atoms with Crippen molar-refractivity contribution in [1.82, 2.24) is 0 Å². The standard InChI is InChI=1S/C16H18FNOS/c1-10-8-16(14(11(2)18)9-15(10)17)19-12-4-6-13(20-3)7-5-12/h4-9,11H,18H2,1-3H3/t11-/m1/s1. The number of aryl methyl sites for hydroxylation is 1. The molecule has 2 rings (SSSR count). The topological polar surface area (TPSA) is 35.2 Å². The van der Waals surface area contributed by atoms with Crippen LogP contribution in [0.15, 0.2) is 41.3 Å². The highest BCUT2D eigenvalue weighted by atomic mass is 32.2. The van der Waals surface area contributed by atoms with Crippen molar-refractivity contribution >= 4 is 11.8 Å². The van der Waals surface area contributed by atoms with E-state index >= 15 is 0 Å². The first-order chi connectivity index (χ1) is 9.51. The van der Waals surface area contributed by atoms with Gasteiger partial charge in [-0.1, -0.05) is 0 Å². The van der Waals surface area contributed by atoms with E-state index in [4.69, 9.17) is 10.5 Å². The minimum absolute atomic E-state index is 0.262. The Bertz CT molecular complexity index is 596. The van der Waals surface area contributed by atoms with Crippen LogP contribution in [0.3, 0.4) is 0 Å². The second kappa shape index (κ2) is 6.29. The number of thioether (sulfide) groups is 1. The van der Waals surface area contributed by atoms with Crippen LogP contribution in [0.5, 0.6) is 11.5 Å². The summed E-state index contributed by atoms with van der Waals surface area (Å²) in [5.41, 5.74) is 7.10. The van der Waals surface area contributed by atoms with Crippen LogP contribution in [0.25, 0.3) is 0 Å². The van der Waals surface area contributed by atoms with Gasteiger partial charge in [-0.05, 0) is 62.1 Å². The van der Waals surface area contributed by atoms with Crippen molar-refractivity contribution in [3.63, 3.8) is 0 Å². The third-order valence-electron chi connectivity index (χ3n) is 3.07.